The largest absolute Gasteiger partial charge is 0.496 e. The molecule has 0 spiro atoms. The van der Waals surface area contributed by atoms with E-state index in [1.807, 2.05) is 6.07 Å². The normalized spacial score (nSPS) is 20.4. The number of hydrogen-bond donors (Lipinski definition) is 2. The number of benzene rings is 1. The number of aliphatic hydroxyl groups is 1. The molecule has 2 rings (SSSR count). The van der Waals surface area contributed by atoms with Gasteiger partial charge in [0.25, 0.3) is 0 Å². The van der Waals surface area contributed by atoms with Crippen molar-refractivity contribution in [2.24, 2.45) is 0 Å². The average molecular weight is 214 g/mol. The Balaban J connectivity index is 2.55. The van der Waals surface area contributed by atoms with Crippen molar-refractivity contribution in [1.82, 2.24) is 5.32 Å². The lowest BCUT2D eigenvalue weighted by Gasteiger charge is -2.24. The fourth-order valence-electron chi connectivity index (χ4n) is 1.79. The van der Waals surface area contributed by atoms with Crippen molar-refractivity contribution in [3.05, 3.63) is 28.3 Å². The molecule has 0 bridgehead atoms. The van der Waals surface area contributed by atoms with Crippen molar-refractivity contribution < 1.29 is 9.84 Å². The predicted molar refractivity (Wildman–Crippen MR) is 54.7 cm³/mol. The molecule has 2 N–H and O–H groups in total. The first kappa shape index (κ1) is 9.77. The number of rotatable bonds is 1. The Morgan fingerprint density at radius 1 is 1.57 bits per heavy atom. The van der Waals surface area contributed by atoms with Crippen LogP contribution in [0.25, 0.3) is 0 Å². The van der Waals surface area contributed by atoms with Gasteiger partial charge in [-0.2, -0.15) is 0 Å². The fraction of sp³-hybridized carbons (Fsp3) is 0.400. The second kappa shape index (κ2) is 3.77. The van der Waals surface area contributed by atoms with Gasteiger partial charge in [0.15, 0.2) is 0 Å². The second-order valence-corrected chi connectivity index (χ2v) is 3.76. The Bertz CT molecular complexity index is 337. The van der Waals surface area contributed by atoms with E-state index in [1.54, 1.807) is 13.2 Å². The Labute approximate surface area is 87.6 Å². The number of aliphatic hydroxyl groups excluding tert-OH is 1. The zero-order valence-electron chi connectivity index (χ0n) is 7.88. The first-order chi connectivity index (χ1) is 6.72. The molecule has 14 heavy (non-hydrogen) atoms. The predicted octanol–water partition coefficient (Wildman–Crippen LogP) is 1.49. The van der Waals surface area contributed by atoms with Gasteiger partial charge >= 0.3 is 0 Å². The Kier molecular flexibility index (Phi) is 2.63. The molecule has 1 aliphatic heterocycles. The van der Waals surface area contributed by atoms with Gasteiger partial charge in [0.05, 0.1) is 13.2 Å². The minimum absolute atomic E-state index is 0.508. The van der Waals surface area contributed by atoms with Crippen LogP contribution in [0.3, 0.4) is 0 Å². The van der Waals surface area contributed by atoms with Crippen LogP contribution in [0.5, 0.6) is 5.75 Å². The number of methoxy groups -OCH3 is 1. The van der Waals surface area contributed by atoms with Gasteiger partial charge in [-0.3, -0.25) is 0 Å². The molecule has 0 aliphatic carbocycles. The molecule has 1 heterocycles. The van der Waals surface area contributed by atoms with Crippen LogP contribution in [-0.4, -0.2) is 18.8 Å². The summed E-state index contributed by atoms with van der Waals surface area (Å²) in [7, 11) is 1.58. The van der Waals surface area contributed by atoms with Crippen LogP contribution in [0.4, 0.5) is 0 Å². The van der Waals surface area contributed by atoms with Crippen LogP contribution in [0.2, 0.25) is 5.02 Å². The van der Waals surface area contributed by atoms with Crippen LogP contribution >= 0.6 is 11.6 Å². The number of ether oxygens (including phenoxy) is 1. The maximum atomic E-state index is 9.78. The zero-order valence-corrected chi connectivity index (χ0v) is 8.64. The van der Waals surface area contributed by atoms with Crippen molar-refractivity contribution in [3.63, 3.8) is 0 Å². The van der Waals surface area contributed by atoms with Crippen LogP contribution < -0.4 is 10.1 Å². The molecule has 1 atom stereocenters. The van der Waals surface area contributed by atoms with Crippen LogP contribution in [0, 0.1) is 0 Å². The van der Waals surface area contributed by atoms with Crippen LogP contribution in [0.15, 0.2) is 12.1 Å². The highest BCUT2D eigenvalue weighted by Gasteiger charge is 2.22. The van der Waals surface area contributed by atoms with Crippen molar-refractivity contribution in [1.29, 1.82) is 0 Å². The van der Waals surface area contributed by atoms with Gasteiger partial charge in [-0.25, -0.2) is 0 Å². The number of hydrogen-bond acceptors (Lipinski definition) is 3. The van der Waals surface area contributed by atoms with E-state index in [2.05, 4.69) is 5.32 Å². The lowest BCUT2D eigenvalue weighted by Crippen LogP contribution is -2.28. The Morgan fingerprint density at radius 3 is 3.07 bits per heavy atom. The van der Waals surface area contributed by atoms with E-state index in [0.717, 1.165) is 17.7 Å². The first-order valence-electron chi connectivity index (χ1n) is 4.47. The summed E-state index contributed by atoms with van der Waals surface area (Å²) in [4.78, 5) is 0. The summed E-state index contributed by atoms with van der Waals surface area (Å²) in [5.74, 6) is 0.668. The molecular formula is C10H12ClNO2. The lowest BCUT2D eigenvalue weighted by atomic mass is 9.98. The topological polar surface area (TPSA) is 41.5 Å². The van der Waals surface area contributed by atoms with E-state index in [9.17, 15) is 5.11 Å². The zero-order chi connectivity index (χ0) is 10.1. The number of fused-ring (bicyclic) bond motifs is 1. The Hall–Kier alpha value is -0.770. The van der Waals surface area contributed by atoms with Gasteiger partial charge in [-0.15, -0.1) is 0 Å². The van der Waals surface area contributed by atoms with E-state index >= 15 is 0 Å². The third kappa shape index (κ3) is 1.59. The SMILES string of the molecule is COc1cc(Cl)cc2c1C(O)CNC2. The third-order valence-corrected chi connectivity index (χ3v) is 2.62. The van der Waals surface area contributed by atoms with Crippen LogP contribution in [-0.2, 0) is 6.54 Å². The standard InChI is InChI=1S/C10H12ClNO2/c1-14-9-3-7(11)2-6-4-12-5-8(13)10(6)9/h2-3,8,12-13H,4-5H2,1H3. The summed E-state index contributed by atoms with van der Waals surface area (Å²) in [6, 6.07) is 3.59. The van der Waals surface area contributed by atoms with E-state index in [4.69, 9.17) is 16.3 Å². The molecular weight excluding hydrogens is 202 g/mol. The van der Waals surface area contributed by atoms with E-state index in [-0.39, 0.29) is 0 Å². The Morgan fingerprint density at radius 2 is 2.36 bits per heavy atom. The third-order valence-electron chi connectivity index (χ3n) is 2.40. The second-order valence-electron chi connectivity index (χ2n) is 3.33. The molecule has 1 aromatic carbocycles. The summed E-state index contributed by atoms with van der Waals surface area (Å²) in [6.07, 6.45) is -0.508. The molecule has 0 amide bonds. The van der Waals surface area contributed by atoms with Gasteiger partial charge in [-0.1, -0.05) is 11.6 Å². The molecule has 0 saturated heterocycles. The highest BCUT2D eigenvalue weighted by atomic mass is 35.5. The minimum atomic E-state index is -0.508. The molecule has 1 aromatic rings. The summed E-state index contributed by atoms with van der Waals surface area (Å²) in [5.41, 5.74) is 1.86. The first-order valence-corrected chi connectivity index (χ1v) is 4.85. The highest BCUT2D eigenvalue weighted by Crippen LogP contribution is 2.33. The van der Waals surface area contributed by atoms with Gasteiger partial charge in [0, 0.05) is 23.7 Å². The van der Waals surface area contributed by atoms with E-state index in [1.165, 1.54) is 0 Å². The van der Waals surface area contributed by atoms with Gasteiger partial charge in [0.2, 0.25) is 0 Å². The summed E-state index contributed by atoms with van der Waals surface area (Å²) in [5, 5.41) is 13.5. The molecule has 0 radical (unpaired) electrons. The van der Waals surface area contributed by atoms with Crippen molar-refractivity contribution >= 4 is 11.6 Å². The smallest absolute Gasteiger partial charge is 0.126 e. The van der Waals surface area contributed by atoms with Gasteiger partial charge in [-0.05, 0) is 17.7 Å². The summed E-state index contributed by atoms with van der Waals surface area (Å²) < 4.78 is 5.19. The average Bonchev–Trinajstić information content (AvgIpc) is 2.16. The number of β-amino-alcohol motifs (C(OH)–C–C–N with tert-alkyl or cyclic N) is 1. The molecule has 76 valence electrons. The van der Waals surface area contributed by atoms with E-state index < -0.39 is 6.10 Å². The van der Waals surface area contributed by atoms with Crippen molar-refractivity contribution in [2.45, 2.75) is 12.6 Å². The van der Waals surface area contributed by atoms with Crippen LogP contribution in [0.1, 0.15) is 17.2 Å². The van der Waals surface area contributed by atoms with Crippen molar-refractivity contribution in [3.8, 4) is 5.75 Å². The quantitative estimate of drug-likeness (QED) is 0.743. The molecule has 3 nitrogen and oxygen atoms in total. The van der Waals surface area contributed by atoms with Gasteiger partial charge < -0.3 is 15.2 Å². The number of nitrogens with one attached hydrogen (secondary N) is 1. The maximum Gasteiger partial charge on any atom is 0.126 e. The molecule has 0 saturated carbocycles. The van der Waals surface area contributed by atoms with Crippen molar-refractivity contribution in [2.75, 3.05) is 13.7 Å². The maximum absolute atomic E-state index is 9.78. The molecule has 0 aromatic heterocycles. The highest BCUT2D eigenvalue weighted by molar-refractivity contribution is 6.30. The molecule has 0 fully saturated rings. The molecule has 1 aliphatic rings. The molecule has 4 heteroatoms. The number of halogens is 1. The van der Waals surface area contributed by atoms with E-state index in [0.29, 0.717) is 17.3 Å². The summed E-state index contributed by atoms with van der Waals surface area (Å²) >= 11 is 5.92. The fourth-order valence-corrected chi connectivity index (χ4v) is 2.02. The van der Waals surface area contributed by atoms with Gasteiger partial charge in [0.1, 0.15) is 5.75 Å². The molecule has 1 unspecified atom stereocenters. The monoisotopic (exact) mass is 213 g/mol. The summed E-state index contributed by atoms with van der Waals surface area (Å²) in [6.45, 7) is 1.29. The minimum Gasteiger partial charge on any atom is -0.496 e. The lowest BCUT2D eigenvalue weighted by molar-refractivity contribution is 0.160.